The van der Waals surface area contributed by atoms with Crippen LogP contribution in [0, 0.1) is 0 Å². The molecule has 0 aromatic heterocycles. The fourth-order valence-electron chi connectivity index (χ4n) is 2.42. The smallest absolute Gasteiger partial charge is 0.222 e. The van der Waals surface area contributed by atoms with Gasteiger partial charge in [0.05, 0.1) is 0 Å². The Kier molecular flexibility index (Phi) is 4.78. The number of unbranched alkanes of at least 4 members (excludes halogenated alkanes) is 2. The summed E-state index contributed by atoms with van der Waals surface area (Å²) in [4.78, 5) is 11.6. The first kappa shape index (κ1) is 13.5. The molecule has 0 aromatic rings. The van der Waals surface area contributed by atoms with E-state index in [0.717, 1.165) is 6.42 Å². The van der Waals surface area contributed by atoms with Crippen LogP contribution in [0.4, 0.5) is 0 Å². The van der Waals surface area contributed by atoms with Crippen LogP contribution in [0.5, 0.6) is 0 Å². The zero-order valence-electron chi connectivity index (χ0n) is 11.1. The predicted octanol–water partition coefficient (Wildman–Crippen LogP) is 2.21. The van der Waals surface area contributed by atoms with Crippen molar-refractivity contribution in [2.45, 2.75) is 77.4 Å². The Bertz CT molecular complexity index is 238. The molecule has 0 bridgehead atoms. The minimum atomic E-state index is -0.0777. The maximum absolute atomic E-state index is 11.6. The summed E-state index contributed by atoms with van der Waals surface area (Å²) in [5.74, 6) is 0.169. The van der Waals surface area contributed by atoms with E-state index in [4.69, 9.17) is 0 Å². The van der Waals surface area contributed by atoms with Gasteiger partial charge in [-0.1, -0.05) is 26.2 Å². The van der Waals surface area contributed by atoms with Crippen molar-refractivity contribution in [2.24, 2.45) is 0 Å². The third kappa shape index (κ3) is 4.12. The summed E-state index contributed by atoms with van der Waals surface area (Å²) < 4.78 is 0. The number of hydrogen-bond acceptors (Lipinski definition) is 2. The van der Waals surface area contributed by atoms with Crippen LogP contribution in [-0.4, -0.2) is 23.5 Å². The molecule has 16 heavy (non-hydrogen) atoms. The summed E-state index contributed by atoms with van der Waals surface area (Å²) in [7, 11) is 0. The molecular formula is C13H26N2O. The quantitative estimate of drug-likeness (QED) is 0.722. The Morgan fingerprint density at radius 1 is 1.38 bits per heavy atom. The monoisotopic (exact) mass is 226 g/mol. The SMILES string of the molecule is CCCCC[C@H]1NC(C)(C)CC(=O)N[C@@H]1C. The molecule has 3 heteroatoms. The number of carbonyl (C=O) groups excluding carboxylic acids is 1. The van der Waals surface area contributed by atoms with Crippen molar-refractivity contribution in [2.75, 3.05) is 0 Å². The van der Waals surface area contributed by atoms with Gasteiger partial charge < -0.3 is 10.6 Å². The molecule has 1 heterocycles. The Morgan fingerprint density at radius 3 is 2.69 bits per heavy atom. The molecule has 0 spiro atoms. The molecular weight excluding hydrogens is 200 g/mol. The number of hydrogen-bond donors (Lipinski definition) is 2. The molecule has 0 aliphatic carbocycles. The van der Waals surface area contributed by atoms with Gasteiger partial charge in [-0.2, -0.15) is 0 Å². The third-order valence-electron chi connectivity index (χ3n) is 3.29. The first-order chi connectivity index (χ1) is 7.44. The number of amides is 1. The molecule has 94 valence electrons. The molecule has 1 amide bonds. The van der Waals surface area contributed by atoms with Gasteiger partial charge >= 0.3 is 0 Å². The molecule has 2 N–H and O–H groups in total. The zero-order valence-corrected chi connectivity index (χ0v) is 11.1. The lowest BCUT2D eigenvalue weighted by Crippen LogP contribution is -2.49. The molecule has 1 aliphatic rings. The molecule has 0 aromatic carbocycles. The fraction of sp³-hybridized carbons (Fsp3) is 0.923. The Morgan fingerprint density at radius 2 is 2.06 bits per heavy atom. The van der Waals surface area contributed by atoms with Gasteiger partial charge in [-0.25, -0.2) is 0 Å². The van der Waals surface area contributed by atoms with Gasteiger partial charge in [0, 0.05) is 24.0 Å². The topological polar surface area (TPSA) is 41.1 Å². The van der Waals surface area contributed by atoms with E-state index in [2.05, 4.69) is 38.3 Å². The normalized spacial score (nSPS) is 29.6. The van der Waals surface area contributed by atoms with E-state index >= 15 is 0 Å². The summed E-state index contributed by atoms with van der Waals surface area (Å²) in [6.07, 6.45) is 5.49. The lowest BCUT2D eigenvalue weighted by molar-refractivity contribution is -0.122. The van der Waals surface area contributed by atoms with Gasteiger partial charge in [0.15, 0.2) is 0 Å². The Labute approximate surface area is 99.4 Å². The second kappa shape index (κ2) is 5.67. The van der Waals surface area contributed by atoms with E-state index in [0.29, 0.717) is 12.5 Å². The molecule has 0 radical (unpaired) electrons. The van der Waals surface area contributed by atoms with Gasteiger partial charge in [-0.3, -0.25) is 4.79 Å². The van der Waals surface area contributed by atoms with E-state index < -0.39 is 0 Å². The lowest BCUT2D eigenvalue weighted by Gasteiger charge is -2.30. The van der Waals surface area contributed by atoms with Gasteiger partial charge in [-0.15, -0.1) is 0 Å². The summed E-state index contributed by atoms with van der Waals surface area (Å²) in [5.41, 5.74) is -0.0777. The lowest BCUT2D eigenvalue weighted by atomic mass is 9.97. The van der Waals surface area contributed by atoms with Crippen LogP contribution in [-0.2, 0) is 4.79 Å². The zero-order chi connectivity index (χ0) is 12.2. The van der Waals surface area contributed by atoms with Crippen molar-refractivity contribution >= 4 is 5.91 Å². The molecule has 1 aliphatic heterocycles. The van der Waals surface area contributed by atoms with Crippen molar-refractivity contribution in [1.29, 1.82) is 0 Å². The van der Waals surface area contributed by atoms with Crippen molar-refractivity contribution in [3.63, 3.8) is 0 Å². The highest BCUT2D eigenvalue weighted by molar-refractivity contribution is 5.77. The Balaban J connectivity index is 2.56. The van der Waals surface area contributed by atoms with Gasteiger partial charge in [0.1, 0.15) is 0 Å². The number of rotatable bonds is 4. The number of nitrogens with one attached hydrogen (secondary N) is 2. The number of carbonyl (C=O) groups is 1. The highest BCUT2D eigenvalue weighted by atomic mass is 16.1. The highest BCUT2D eigenvalue weighted by Crippen LogP contribution is 2.18. The van der Waals surface area contributed by atoms with E-state index in [1.54, 1.807) is 0 Å². The van der Waals surface area contributed by atoms with Crippen LogP contribution in [0.25, 0.3) is 0 Å². The summed E-state index contributed by atoms with van der Waals surface area (Å²) >= 11 is 0. The van der Waals surface area contributed by atoms with Crippen LogP contribution in [0.2, 0.25) is 0 Å². The minimum Gasteiger partial charge on any atom is -0.352 e. The van der Waals surface area contributed by atoms with E-state index in [1.807, 2.05) is 0 Å². The maximum Gasteiger partial charge on any atom is 0.222 e. The second-order valence-corrected chi connectivity index (χ2v) is 5.66. The van der Waals surface area contributed by atoms with Crippen LogP contribution >= 0.6 is 0 Å². The first-order valence-electron chi connectivity index (χ1n) is 6.51. The van der Waals surface area contributed by atoms with E-state index in [1.165, 1.54) is 19.3 Å². The van der Waals surface area contributed by atoms with Crippen molar-refractivity contribution < 1.29 is 4.79 Å². The highest BCUT2D eigenvalue weighted by Gasteiger charge is 2.32. The van der Waals surface area contributed by atoms with Crippen LogP contribution in [0.15, 0.2) is 0 Å². The predicted molar refractivity (Wildman–Crippen MR) is 67.4 cm³/mol. The molecule has 1 rings (SSSR count). The first-order valence-corrected chi connectivity index (χ1v) is 6.51. The Hall–Kier alpha value is -0.570. The second-order valence-electron chi connectivity index (χ2n) is 5.66. The average molecular weight is 226 g/mol. The van der Waals surface area contributed by atoms with Crippen LogP contribution < -0.4 is 10.6 Å². The summed E-state index contributed by atoms with van der Waals surface area (Å²) in [5, 5.41) is 6.68. The van der Waals surface area contributed by atoms with E-state index in [-0.39, 0.29) is 17.5 Å². The van der Waals surface area contributed by atoms with Crippen molar-refractivity contribution in [1.82, 2.24) is 10.6 Å². The standard InChI is InChI=1S/C13H26N2O/c1-5-6-7-8-11-10(2)14-12(16)9-13(3,4)15-11/h10-11,15H,5-9H2,1-4H3,(H,14,16)/t10-,11-/m1/s1. The van der Waals surface area contributed by atoms with Crippen LogP contribution in [0.3, 0.4) is 0 Å². The van der Waals surface area contributed by atoms with Gasteiger partial charge in [0.25, 0.3) is 0 Å². The minimum absolute atomic E-state index is 0.0777. The molecule has 1 fully saturated rings. The largest absolute Gasteiger partial charge is 0.352 e. The fourth-order valence-corrected chi connectivity index (χ4v) is 2.42. The molecule has 2 atom stereocenters. The maximum atomic E-state index is 11.6. The van der Waals surface area contributed by atoms with Crippen LogP contribution in [0.1, 0.15) is 59.8 Å². The summed E-state index contributed by atoms with van der Waals surface area (Å²) in [6, 6.07) is 0.652. The third-order valence-corrected chi connectivity index (χ3v) is 3.29. The van der Waals surface area contributed by atoms with Crippen molar-refractivity contribution in [3.05, 3.63) is 0 Å². The van der Waals surface area contributed by atoms with E-state index in [9.17, 15) is 4.79 Å². The van der Waals surface area contributed by atoms with Gasteiger partial charge in [-0.05, 0) is 27.2 Å². The van der Waals surface area contributed by atoms with Crippen molar-refractivity contribution in [3.8, 4) is 0 Å². The average Bonchev–Trinajstić information content (AvgIpc) is 2.23. The molecule has 1 saturated heterocycles. The molecule has 0 saturated carbocycles. The molecule has 0 unspecified atom stereocenters. The molecule has 3 nitrogen and oxygen atoms in total. The summed E-state index contributed by atoms with van der Waals surface area (Å²) in [6.45, 7) is 8.54. The van der Waals surface area contributed by atoms with Gasteiger partial charge in [0.2, 0.25) is 5.91 Å².